The number of methoxy groups -OCH3 is 1. The van der Waals surface area contributed by atoms with Crippen LogP contribution in [0, 0.1) is 0 Å². The van der Waals surface area contributed by atoms with Crippen LogP contribution in [0.15, 0.2) is 29.6 Å². The van der Waals surface area contributed by atoms with Gasteiger partial charge in [0.05, 0.1) is 6.61 Å². The van der Waals surface area contributed by atoms with Crippen molar-refractivity contribution in [3.8, 4) is 5.75 Å². The Morgan fingerprint density at radius 3 is 2.90 bits per heavy atom. The van der Waals surface area contributed by atoms with Crippen LogP contribution < -0.4 is 10.5 Å². The lowest BCUT2D eigenvalue weighted by Crippen LogP contribution is -2.12. The SMILES string of the molecule is COCc1nc(C(=O)Oc2cccc(C(N)=O)c2)cs1. The number of carbonyl (C=O) groups excluding carboxylic acids is 2. The number of benzene rings is 1. The number of esters is 1. The van der Waals surface area contributed by atoms with Gasteiger partial charge in [0, 0.05) is 18.1 Å². The molecule has 7 heteroatoms. The molecule has 0 fully saturated rings. The Hall–Kier alpha value is -2.25. The van der Waals surface area contributed by atoms with Crippen LogP contribution in [0.5, 0.6) is 5.75 Å². The Balaban J connectivity index is 2.10. The summed E-state index contributed by atoms with van der Waals surface area (Å²) in [5, 5.41) is 2.28. The topological polar surface area (TPSA) is 91.5 Å². The average Bonchev–Trinajstić information content (AvgIpc) is 2.88. The van der Waals surface area contributed by atoms with Gasteiger partial charge in [-0.3, -0.25) is 4.79 Å². The van der Waals surface area contributed by atoms with Crippen molar-refractivity contribution >= 4 is 23.2 Å². The van der Waals surface area contributed by atoms with Gasteiger partial charge in [0.2, 0.25) is 5.91 Å². The first-order valence-electron chi connectivity index (χ1n) is 5.65. The fourth-order valence-corrected chi connectivity index (χ4v) is 2.20. The molecule has 6 nitrogen and oxygen atoms in total. The fraction of sp³-hybridized carbons (Fsp3) is 0.154. The molecule has 1 aromatic heterocycles. The molecule has 1 amide bonds. The minimum Gasteiger partial charge on any atom is -0.422 e. The van der Waals surface area contributed by atoms with E-state index in [0.717, 1.165) is 0 Å². The van der Waals surface area contributed by atoms with E-state index in [4.69, 9.17) is 15.2 Å². The number of hydrogen-bond donors (Lipinski definition) is 1. The molecule has 1 aromatic carbocycles. The summed E-state index contributed by atoms with van der Waals surface area (Å²) in [7, 11) is 1.55. The van der Waals surface area contributed by atoms with Crippen molar-refractivity contribution in [3.05, 3.63) is 45.9 Å². The molecule has 0 aliphatic heterocycles. The van der Waals surface area contributed by atoms with E-state index in [9.17, 15) is 9.59 Å². The van der Waals surface area contributed by atoms with Gasteiger partial charge in [-0.15, -0.1) is 11.3 Å². The first-order valence-corrected chi connectivity index (χ1v) is 6.53. The van der Waals surface area contributed by atoms with Crippen LogP contribution in [0.25, 0.3) is 0 Å². The van der Waals surface area contributed by atoms with Crippen molar-refractivity contribution in [3.63, 3.8) is 0 Å². The van der Waals surface area contributed by atoms with Crippen molar-refractivity contribution < 1.29 is 19.1 Å². The molecule has 0 saturated carbocycles. The summed E-state index contributed by atoms with van der Waals surface area (Å²) < 4.78 is 10.1. The van der Waals surface area contributed by atoms with Gasteiger partial charge < -0.3 is 15.2 Å². The largest absolute Gasteiger partial charge is 0.422 e. The molecule has 2 N–H and O–H groups in total. The third-order valence-corrected chi connectivity index (χ3v) is 3.18. The van der Waals surface area contributed by atoms with Crippen molar-refractivity contribution in [2.75, 3.05) is 7.11 Å². The molecule has 0 saturated heterocycles. The van der Waals surface area contributed by atoms with Gasteiger partial charge in [-0.1, -0.05) is 6.07 Å². The monoisotopic (exact) mass is 292 g/mol. The highest BCUT2D eigenvalue weighted by molar-refractivity contribution is 7.09. The zero-order valence-electron chi connectivity index (χ0n) is 10.7. The third kappa shape index (κ3) is 3.40. The summed E-state index contributed by atoms with van der Waals surface area (Å²) in [6.45, 7) is 0.342. The van der Waals surface area contributed by atoms with E-state index in [1.54, 1.807) is 30.7 Å². The zero-order chi connectivity index (χ0) is 14.5. The van der Waals surface area contributed by atoms with Crippen LogP contribution in [0.1, 0.15) is 25.9 Å². The molecule has 0 aliphatic carbocycles. The lowest BCUT2D eigenvalue weighted by atomic mass is 10.2. The molecule has 1 heterocycles. The van der Waals surface area contributed by atoms with Crippen LogP contribution in [0.2, 0.25) is 0 Å². The Labute approximate surface area is 119 Å². The third-order valence-electron chi connectivity index (χ3n) is 2.36. The number of rotatable bonds is 5. The Kier molecular flexibility index (Phi) is 4.44. The quantitative estimate of drug-likeness (QED) is 0.667. The number of hydrogen-bond acceptors (Lipinski definition) is 6. The second-order valence-electron chi connectivity index (χ2n) is 3.84. The van der Waals surface area contributed by atoms with E-state index in [1.165, 1.54) is 17.4 Å². The second-order valence-corrected chi connectivity index (χ2v) is 4.78. The standard InChI is InChI=1S/C13H12N2O4S/c1-18-6-11-15-10(7-20-11)13(17)19-9-4-2-3-8(5-9)12(14)16/h2-5,7H,6H2,1H3,(H2,14,16). The molecule has 2 aromatic rings. The van der Waals surface area contributed by atoms with Crippen molar-refractivity contribution in [1.82, 2.24) is 4.98 Å². The predicted molar refractivity (Wildman–Crippen MR) is 72.7 cm³/mol. The number of ether oxygens (including phenoxy) is 2. The van der Waals surface area contributed by atoms with Crippen LogP contribution in [-0.2, 0) is 11.3 Å². The summed E-state index contributed by atoms with van der Waals surface area (Å²) in [5.41, 5.74) is 5.63. The Morgan fingerprint density at radius 2 is 2.20 bits per heavy atom. The van der Waals surface area contributed by atoms with E-state index in [0.29, 0.717) is 11.6 Å². The maximum Gasteiger partial charge on any atom is 0.363 e. The minimum atomic E-state index is -0.592. The molecular formula is C13H12N2O4S. The lowest BCUT2D eigenvalue weighted by Gasteiger charge is -2.03. The number of primary amides is 1. The average molecular weight is 292 g/mol. The maximum absolute atomic E-state index is 11.9. The van der Waals surface area contributed by atoms with Gasteiger partial charge in [0.25, 0.3) is 0 Å². The fourth-order valence-electron chi connectivity index (χ4n) is 1.47. The lowest BCUT2D eigenvalue weighted by molar-refractivity contribution is 0.0727. The second kappa shape index (κ2) is 6.27. The molecule has 0 atom stereocenters. The zero-order valence-corrected chi connectivity index (χ0v) is 11.5. The maximum atomic E-state index is 11.9. The van der Waals surface area contributed by atoms with E-state index in [2.05, 4.69) is 4.98 Å². The predicted octanol–water partition coefficient (Wildman–Crippen LogP) is 1.61. The number of thiazole rings is 1. The molecule has 0 radical (unpaired) electrons. The molecule has 20 heavy (non-hydrogen) atoms. The molecular weight excluding hydrogens is 280 g/mol. The Bertz CT molecular complexity index is 639. The number of nitrogens with two attached hydrogens (primary N) is 1. The highest BCUT2D eigenvalue weighted by Crippen LogP contribution is 2.16. The normalized spacial score (nSPS) is 10.2. The van der Waals surface area contributed by atoms with Crippen molar-refractivity contribution in [2.24, 2.45) is 5.73 Å². The smallest absolute Gasteiger partial charge is 0.363 e. The van der Waals surface area contributed by atoms with Crippen molar-refractivity contribution in [2.45, 2.75) is 6.61 Å². The summed E-state index contributed by atoms with van der Waals surface area (Å²) in [4.78, 5) is 27.0. The minimum absolute atomic E-state index is 0.200. The summed E-state index contributed by atoms with van der Waals surface area (Å²) >= 11 is 1.31. The van der Waals surface area contributed by atoms with Gasteiger partial charge in [0.1, 0.15) is 10.8 Å². The first-order chi connectivity index (χ1) is 9.60. The van der Waals surface area contributed by atoms with Crippen LogP contribution in [0.3, 0.4) is 0 Å². The van der Waals surface area contributed by atoms with Crippen LogP contribution in [-0.4, -0.2) is 24.0 Å². The number of nitrogens with zero attached hydrogens (tertiary/aromatic N) is 1. The van der Waals surface area contributed by atoms with Gasteiger partial charge in [-0.2, -0.15) is 0 Å². The molecule has 0 bridgehead atoms. The molecule has 2 rings (SSSR count). The summed E-state index contributed by atoms with van der Waals surface area (Å²) in [6, 6.07) is 6.09. The van der Waals surface area contributed by atoms with E-state index >= 15 is 0 Å². The van der Waals surface area contributed by atoms with E-state index in [1.807, 2.05) is 0 Å². The van der Waals surface area contributed by atoms with Crippen LogP contribution >= 0.6 is 11.3 Å². The highest BCUT2D eigenvalue weighted by Gasteiger charge is 2.14. The van der Waals surface area contributed by atoms with Crippen molar-refractivity contribution in [1.29, 1.82) is 0 Å². The van der Waals surface area contributed by atoms with Gasteiger partial charge in [-0.25, -0.2) is 9.78 Å². The molecule has 0 aliphatic rings. The summed E-state index contributed by atoms with van der Waals surface area (Å²) in [5.74, 6) is -0.934. The van der Waals surface area contributed by atoms with Gasteiger partial charge in [-0.05, 0) is 18.2 Å². The van der Waals surface area contributed by atoms with Gasteiger partial charge >= 0.3 is 5.97 Å². The molecule has 0 spiro atoms. The number of amides is 1. The molecule has 104 valence electrons. The summed E-state index contributed by atoms with van der Waals surface area (Å²) in [6.07, 6.45) is 0. The number of carbonyl (C=O) groups is 2. The van der Waals surface area contributed by atoms with Gasteiger partial charge in [0.15, 0.2) is 5.69 Å². The number of aromatic nitrogens is 1. The highest BCUT2D eigenvalue weighted by atomic mass is 32.1. The Morgan fingerprint density at radius 1 is 1.40 bits per heavy atom. The van der Waals surface area contributed by atoms with E-state index in [-0.39, 0.29) is 17.0 Å². The van der Waals surface area contributed by atoms with Crippen LogP contribution in [0.4, 0.5) is 0 Å². The van der Waals surface area contributed by atoms with E-state index < -0.39 is 11.9 Å². The molecule has 0 unspecified atom stereocenters. The first kappa shape index (κ1) is 14.2.